The molecule has 1 aromatic heterocycles. The van der Waals surface area contributed by atoms with E-state index < -0.39 is 6.04 Å². The van der Waals surface area contributed by atoms with E-state index >= 15 is 0 Å². The number of nitrogens with two attached hydrogens (primary N) is 1. The van der Waals surface area contributed by atoms with E-state index in [9.17, 15) is 4.79 Å². The number of amides is 1. The molecule has 0 fully saturated rings. The number of benzene rings is 1. The van der Waals surface area contributed by atoms with Gasteiger partial charge in [0, 0.05) is 10.9 Å². The third-order valence-corrected chi connectivity index (χ3v) is 4.89. The molecule has 0 aliphatic carbocycles. The van der Waals surface area contributed by atoms with Crippen LogP contribution in [-0.2, 0) is 4.79 Å². The third kappa shape index (κ3) is 4.42. The molecule has 3 N–H and O–H groups in total. The van der Waals surface area contributed by atoms with Crippen LogP contribution in [0.15, 0.2) is 23.6 Å². The van der Waals surface area contributed by atoms with Gasteiger partial charge in [0.25, 0.3) is 0 Å². The Kier molecular flexibility index (Phi) is 6.64. The minimum atomic E-state index is -0.531. The van der Waals surface area contributed by atoms with Crippen LogP contribution < -0.4 is 20.5 Å². The van der Waals surface area contributed by atoms with Crippen LogP contribution in [0.4, 0.5) is 5.13 Å². The monoisotopic (exact) mass is 383 g/mol. The number of carbonyl (C=O) groups is 1. The zero-order valence-electron chi connectivity index (χ0n) is 14.2. The number of ether oxygens (including phenoxy) is 2. The van der Waals surface area contributed by atoms with E-state index in [2.05, 4.69) is 10.3 Å². The summed E-state index contributed by atoms with van der Waals surface area (Å²) in [5.74, 6) is 1.39. The third-order valence-electron chi connectivity index (χ3n) is 4.13. The molecule has 1 aliphatic heterocycles. The van der Waals surface area contributed by atoms with Crippen LogP contribution in [0.5, 0.6) is 11.5 Å². The van der Waals surface area contributed by atoms with Crippen LogP contribution in [-0.4, -0.2) is 30.1 Å². The summed E-state index contributed by atoms with van der Waals surface area (Å²) >= 11 is 1.38. The van der Waals surface area contributed by atoms with Gasteiger partial charge in [-0.25, -0.2) is 4.98 Å². The van der Waals surface area contributed by atoms with Gasteiger partial charge in [0.2, 0.25) is 5.91 Å². The lowest BCUT2D eigenvalue weighted by Gasteiger charge is -2.18. The van der Waals surface area contributed by atoms with Crippen molar-refractivity contribution in [3.63, 3.8) is 0 Å². The van der Waals surface area contributed by atoms with Crippen LogP contribution >= 0.6 is 23.7 Å². The predicted octanol–water partition coefficient (Wildman–Crippen LogP) is 3.32. The Bertz CT molecular complexity index is 738. The summed E-state index contributed by atoms with van der Waals surface area (Å²) in [5, 5.41) is 5.24. The number of fused-ring (bicyclic) bond motifs is 1. The van der Waals surface area contributed by atoms with Crippen LogP contribution in [0.2, 0.25) is 0 Å². The summed E-state index contributed by atoms with van der Waals surface area (Å²) in [6, 6.07) is 5.18. The summed E-state index contributed by atoms with van der Waals surface area (Å²) in [5.41, 5.74) is 7.65. The second-order valence-electron chi connectivity index (χ2n) is 5.80. The number of halogens is 1. The number of rotatable bonds is 5. The first kappa shape index (κ1) is 19.5. The van der Waals surface area contributed by atoms with Gasteiger partial charge in [-0.1, -0.05) is 20.3 Å². The van der Waals surface area contributed by atoms with Gasteiger partial charge in [-0.05, 0) is 24.1 Å². The number of nitrogens with one attached hydrogen (secondary N) is 1. The number of nitrogens with zero attached hydrogens (tertiary/aromatic N) is 1. The van der Waals surface area contributed by atoms with E-state index in [-0.39, 0.29) is 24.2 Å². The minimum absolute atomic E-state index is 0. The number of carbonyl (C=O) groups excluding carboxylic acids is 1. The van der Waals surface area contributed by atoms with Gasteiger partial charge in [-0.2, -0.15) is 0 Å². The van der Waals surface area contributed by atoms with Crippen LogP contribution in [0.3, 0.4) is 0 Å². The molecular formula is C17H22ClN3O3S. The molecule has 3 rings (SSSR count). The lowest BCUT2D eigenvalue weighted by atomic mass is 10.00. The first-order valence-corrected chi connectivity index (χ1v) is 8.88. The van der Waals surface area contributed by atoms with Crippen molar-refractivity contribution >= 4 is 34.8 Å². The Morgan fingerprint density at radius 1 is 1.36 bits per heavy atom. The van der Waals surface area contributed by atoms with Crippen LogP contribution in [0.25, 0.3) is 11.3 Å². The molecule has 0 radical (unpaired) electrons. The molecule has 8 heteroatoms. The fraction of sp³-hybridized carbons (Fsp3) is 0.412. The SMILES string of the molecule is CCC(C)C(N)C(=O)Nc1nc(-c2ccc3c(c2)OCCO3)cs1.Cl. The Balaban J connectivity index is 0.00000225. The number of thiazole rings is 1. The van der Waals surface area contributed by atoms with Gasteiger partial charge in [0.1, 0.15) is 13.2 Å². The number of aromatic nitrogens is 1. The molecule has 1 aromatic carbocycles. The molecule has 0 spiro atoms. The maximum absolute atomic E-state index is 12.1. The van der Waals surface area contributed by atoms with Gasteiger partial charge in [0.05, 0.1) is 11.7 Å². The minimum Gasteiger partial charge on any atom is -0.486 e. The second kappa shape index (κ2) is 8.51. The highest BCUT2D eigenvalue weighted by Gasteiger charge is 2.20. The average molecular weight is 384 g/mol. The fourth-order valence-electron chi connectivity index (χ4n) is 2.37. The number of anilines is 1. The van der Waals surface area contributed by atoms with Crippen molar-refractivity contribution in [2.75, 3.05) is 18.5 Å². The lowest BCUT2D eigenvalue weighted by Crippen LogP contribution is -2.40. The number of hydrogen-bond donors (Lipinski definition) is 2. The summed E-state index contributed by atoms with van der Waals surface area (Å²) in [4.78, 5) is 16.6. The topological polar surface area (TPSA) is 86.5 Å². The van der Waals surface area contributed by atoms with Crippen molar-refractivity contribution in [2.24, 2.45) is 11.7 Å². The largest absolute Gasteiger partial charge is 0.486 e. The van der Waals surface area contributed by atoms with Crippen molar-refractivity contribution in [3.8, 4) is 22.8 Å². The smallest absolute Gasteiger partial charge is 0.243 e. The van der Waals surface area contributed by atoms with E-state index in [1.807, 2.05) is 37.4 Å². The van der Waals surface area contributed by atoms with E-state index in [0.717, 1.165) is 29.2 Å². The quantitative estimate of drug-likeness (QED) is 0.827. The van der Waals surface area contributed by atoms with Crippen LogP contribution in [0.1, 0.15) is 20.3 Å². The first-order chi connectivity index (χ1) is 11.6. The standard InChI is InChI=1S/C17H21N3O3S.ClH/c1-3-10(2)15(18)16(21)20-17-19-12(9-24-17)11-4-5-13-14(8-11)23-7-6-22-13;/h4-5,8-10,15H,3,6-7,18H2,1-2H3,(H,19,20,21);1H. The molecule has 1 amide bonds. The molecule has 2 aromatic rings. The Morgan fingerprint density at radius 3 is 2.80 bits per heavy atom. The summed E-state index contributed by atoms with van der Waals surface area (Å²) in [7, 11) is 0. The fourth-order valence-corrected chi connectivity index (χ4v) is 3.09. The van der Waals surface area contributed by atoms with Gasteiger partial charge < -0.3 is 20.5 Å². The normalized spacial score (nSPS) is 15.0. The van der Waals surface area contributed by atoms with E-state index in [1.54, 1.807) is 0 Å². The average Bonchev–Trinajstić information content (AvgIpc) is 3.08. The second-order valence-corrected chi connectivity index (χ2v) is 6.66. The summed E-state index contributed by atoms with van der Waals surface area (Å²) in [6.45, 7) is 5.09. The van der Waals surface area contributed by atoms with Gasteiger partial charge in [0.15, 0.2) is 16.6 Å². The summed E-state index contributed by atoms with van der Waals surface area (Å²) < 4.78 is 11.1. The Hall–Kier alpha value is -1.83. The maximum atomic E-state index is 12.1. The molecular weight excluding hydrogens is 362 g/mol. The zero-order valence-corrected chi connectivity index (χ0v) is 15.8. The zero-order chi connectivity index (χ0) is 17.1. The molecule has 6 nitrogen and oxygen atoms in total. The van der Waals surface area contributed by atoms with Gasteiger partial charge in [-0.15, -0.1) is 23.7 Å². The summed E-state index contributed by atoms with van der Waals surface area (Å²) in [6.07, 6.45) is 0.856. The van der Waals surface area contributed by atoms with E-state index in [1.165, 1.54) is 11.3 Å². The van der Waals surface area contributed by atoms with Crippen molar-refractivity contribution in [3.05, 3.63) is 23.6 Å². The molecule has 1 aliphatic rings. The number of hydrogen-bond acceptors (Lipinski definition) is 6. The van der Waals surface area contributed by atoms with Crippen LogP contribution in [0, 0.1) is 5.92 Å². The van der Waals surface area contributed by atoms with Crippen molar-refractivity contribution in [1.82, 2.24) is 4.98 Å². The molecule has 0 saturated carbocycles. The predicted molar refractivity (Wildman–Crippen MR) is 102 cm³/mol. The molecule has 2 unspecified atom stereocenters. The Morgan fingerprint density at radius 2 is 2.08 bits per heavy atom. The highest BCUT2D eigenvalue weighted by atomic mass is 35.5. The molecule has 2 heterocycles. The van der Waals surface area contributed by atoms with Gasteiger partial charge in [-0.3, -0.25) is 4.79 Å². The first-order valence-electron chi connectivity index (χ1n) is 8.00. The molecule has 2 atom stereocenters. The molecule has 0 bridgehead atoms. The van der Waals surface area contributed by atoms with E-state index in [4.69, 9.17) is 15.2 Å². The lowest BCUT2D eigenvalue weighted by molar-refractivity contribution is -0.118. The highest BCUT2D eigenvalue weighted by Crippen LogP contribution is 2.35. The Labute approximate surface area is 157 Å². The molecule has 0 saturated heterocycles. The molecule has 25 heavy (non-hydrogen) atoms. The highest BCUT2D eigenvalue weighted by molar-refractivity contribution is 7.14. The van der Waals surface area contributed by atoms with Crippen molar-refractivity contribution < 1.29 is 14.3 Å². The maximum Gasteiger partial charge on any atom is 0.243 e. The van der Waals surface area contributed by atoms with Crippen molar-refractivity contribution in [2.45, 2.75) is 26.3 Å². The molecule has 136 valence electrons. The van der Waals surface area contributed by atoms with E-state index in [0.29, 0.717) is 18.3 Å². The van der Waals surface area contributed by atoms with Gasteiger partial charge >= 0.3 is 0 Å². The van der Waals surface area contributed by atoms with Crippen molar-refractivity contribution in [1.29, 1.82) is 0 Å².